The molecule has 6 atom stereocenters. The second kappa shape index (κ2) is 36.3. The average molecular weight is 879 g/mol. The molecule has 0 saturated heterocycles. The minimum Gasteiger partial charge on any atom is -0.462 e. The van der Waals surface area contributed by atoms with Gasteiger partial charge < -0.3 is 39.9 Å². The van der Waals surface area contributed by atoms with Crippen molar-refractivity contribution in [3.05, 3.63) is 97.2 Å². The summed E-state index contributed by atoms with van der Waals surface area (Å²) in [5.41, 5.74) is 0. The molecule has 0 spiro atoms. The molecule has 61 heavy (non-hydrogen) atoms. The third-order valence-electron chi connectivity index (χ3n) is 9.40. The highest BCUT2D eigenvalue weighted by atomic mass is 31.2. The molecule has 346 valence electrons. The summed E-state index contributed by atoms with van der Waals surface area (Å²) in [6.07, 6.45) is 34.8. The molecule has 1 saturated carbocycles. The largest absolute Gasteiger partial charge is 0.472 e. The van der Waals surface area contributed by atoms with Crippen LogP contribution in [0.1, 0.15) is 129 Å². The van der Waals surface area contributed by atoms with Crippen molar-refractivity contribution in [2.75, 3.05) is 13.2 Å². The number of rotatable bonds is 34. The highest BCUT2D eigenvalue weighted by molar-refractivity contribution is 7.47. The number of aliphatic hydroxyl groups is 5. The number of allylic oxidation sites excluding steroid dienone is 16. The monoisotopic (exact) mass is 878 g/mol. The molecule has 6 N–H and O–H groups in total. The highest BCUT2D eigenvalue weighted by Crippen LogP contribution is 2.47. The van der Waals surface area contributed by atoms with E-state index in [1.54, 1.807) is 0 Å². The zero-order chi connectivity index (χ0) is 45.0. The molecule has 0 aromatic carbocycles. The molecule has 1 fully saturated rings. The van der Waals surface area contributed by atoms with Crippen LogP contribution in [0.5, 0.6) is 0 Å². The Kier molecular flexibility index (Phi) is 33.2. The van der Waals surface area contributed by atoms with Gasteiger partial charge in [0.1, 0.15) is 43.2 Å². The van der Waals surface area contributed by atoms with Crippen LogP contribution < -0.4 is 0 Å². The van der Waals surface area contributed by atoms with Gasteiger partial charge in [-0.2, -0.15) is 0 Å². The van der Waals surface area contributed by atoms with Crippen molar-refractivity contribution in [1.29, 1.82) is 0 Å². The van der Waals surface area contributed by atoms with Crippen molar-refractivity contribution in [3.8, 4) is 0 Å². The lowest BCUT2D eigenvalue weighted by atomic mass is 9.85. The Hall–Kier alpha value is -3.23. The number of hydrogen-bond donors (Lipinski definition) is 6. The van der Waals surface area contributed by atoms with Crippen LogP contribution in [0.25, 0.3) is 0 Å². The molecular weight excluding hydrogens is 803 g/mol. The number of phosphoric acid groups is 1. The van der Waals surface area contributed by atoms with E-state index >= 15 is 0 Å². The van der Waals surface area contributed by atoms with Gasteiger partial charge in [0.05, 0.1) is 6.61 Å². The van der Waals surface area contributed by atoms with E-state index in [0.717, 1.165) is 83.5 Å². The predicted molar refractivity (Wildman–Crippen MR) is 239 cm³/mol. The molecule has 0 amide bonds. The Morgan fingerprint density at radius 3 is 1.49 bits per heavy atom. The third kappa shape index (κ3) is 28.9. The first-order valence-electron chi connectivity index (χ1n) is 22.0. The Morgan fingerprint density at radius 1 is 0.525 bits per heavy atom. The van der Waals surface area contributed by atoms with Crippen molar-refractivity contribution >= 4 is 19.8 Å². The van der Waals surface area contributed by atoms with Crippen LogP contribution in [0.4, 0.5) is 0 Å². The van der Waals surface area contributed by atoms with Gasteiger partial charge in [-0.1, -0.05) is 137 Å². The maximum atomic E-state index is 12.8. The second-order valence-corrected chi connectivity index (χ2v) is 16.2. The fourth-order valence-corrected chi connectivity index (χ4v) is 6.85. The fraction of sp³-hybridized carbons (Fsp3) is 0.617. The lowest BCUT2D eigenvalue weighted by molar-refractivity contribution is -0.220. The molecule has 0 radical (unpaired) electrons. The van der Waals surface area contributed by atoms with Crippen molar-refractivity contribution in [2.45, 2.75) is 172 Å². The van der Waals surface area contributed by atoms with Crippen molar-refractivity contribution in [2.24, 2.45) is 0 Å². The van der Waals surface area contributed by atoms with Gasteiger partial charge in [-0.3, -0.25) is 18.6 Å². The van der Waals surface area contributed by atoms with Gasteiger partial charge in [-0.05, 0) is 77.0 Å². The summed E-state index contributed by atoms with van der Waals surface area (Å²) in [5, 5.41) is 50.1. The number of hydrogen-bond acceptors (Lipinski definition) is 12. The van der Waals surface area contributed by atoms with Gasteiger partial charge >= 0.3 is 19.8 Å². The number of phosphoric ester groups is 1. The molecule has 14 heteroatoms. The fourth-order valence-electron chi connectivity index (χ4n) is 5.88. The standard InChI is InChI=1S/C47H75O13P/c1-3-5-7-9-11-13-15-17-18-19-20-21-22-24-26-28-30-32-34-36-41(49)59-39(38-58-61(55,56)60-47-45(53)43(51)42(50)44(52)46(47)54)37-57-40(48)35-33-31-29-27-25-23-16-14-12-10-8-6-4-2/h5,7-8,10-11,13-14,16-18,20-21,24,26,30,32,39,42-47,50-54H,3-4,6,9,12,15,19,22-23,25,27-29,31,33-38H2,1-2H3,(H,55,56)/b7-5-,10-8-,13-11-,16-14-,18-17-,21-20-,26-24-,32-30-. The molecule has 0 aromatic rings. The Labute approximate surface area is 364 Å². The lowest BCUT2D eigenvalue weighted by Gasteiger charge is -2.41. The zero-order valence-corrected chi connectivity index (χ0v) is 37.3. The summed E-state index contributed by atoms with van der Waals surface area (Å²) in [7, 11) is -5.15. The Balaban J connectivity index is 2.56. The molecule has 0 aliphatic heterocycles. The first kappa shape index (κ1) is 55.8. The summed E-state index contributed by atoms with van der Waals surface area (Å²) in [5.74, 6) is -1.23. The SMILES string of the molecule is CC/C=C\C/C=C\C/C=C\C/C=C\C/C=C\C/C=C\CCC(=O)OC(COC(=O)CCCCCCC/C=C\C/C=C\CCC)COP(=O)(O)OC1C(O)C(O)C(O)C(O)C1O. The summed E-state index contributed by atoms with van der Waals surface area (Å²) in [6, 6.07) is 0. The first-order valence-corrected chi connectivity index (χ1v) is 23.5. The molecule has 1 aliphatic carbocycles. The van der Waals surface area contributed by atoms with E-state index < -0.39 is 75.7 Å². The van der Waals surface area contributed by atoms with Crippen LogP contribution in [-0.2, 0) is 32.7 Å². The van der Waals surface area contributed by atoms with E-state index in [2.05, 4.69) is 92.8 Å². The number of aliphatic hydroxyl groups excluding tert-OH is 5. The molecule has 1 rings (SSSR count). The number of carbonyl (C=O) groups is 2. The summed E-state index contributed by atoms with van der Waals surface area (Å²) < 4.78 is 33.4. The number of ether oxygens (including phenoxy) is 2. The molecule has 6 unspecified atom stereocenters. The van der Waals surface area contributed by atoms with Gasteiger partial charge in [0.2, 0.25) is 0 Å². The number of carbonyl (C=O) groups excluding carboxylic acids is 2. The van der Waals surface area contributed by atoms with Crippen molar-refractivity contribution < 1.29 is 63.1 Å². The van der Waals surface area contributed by atoms with Gasteiger partial charge in [-0.15, -0.1) is 0 Å². The van der Waals surface area contributed by atoms with E-state index in [9.17, 15) is 44.6 Å². The normalized spacial score (nSPS) is 23.0. The number of esters is 2. The molecule has 13 nitrogen and oxygen atoms in total. The molecule has 1 aliphatic rings. The smallest absolute Gasteiger partial charge is 0.462 e. The van der Waals surface area contributed by atoms with Crippen LogP contribution >= 0.6 is 7.82 Å². The minimum absolute atomic E-state index is 0.0374. The van der Waals surface area contributed by atoms with Gasteiger partial charge in [0, 0.05) is 12.8 Å². The van der Waals surface area contributed by atoms with Gasteiger partial charge in [0.25, 0.3) is 0 Å². The van der Waals surface area contributed by atoms with Crippen LogP contribution in [0.3, 0.4) is 0 Å². The van der Waals surface area contributed by atoms with Crippen molar-refractivity contribution in [1.82, 2.24) is 0 Å². The van der Waals surface area contributed by atoms with Crippen LogP contribution in [-0.4, -0.2) is 98.3 Å². The van der Waals surface area contributed by atoms with Crippen LogP contribution in [0.2, 0.25) is 0 Å². The second-order valence-electron chi connectivity index (χ2n) is 14.8. The quantitative estimate of drug-likeness (QED) is 0.0156. The van der Waals surface area contributed by atoms with E-state index in [1.165, 1.54) is 0 Å². The topological polar surface area (TPSA) is 210 Å². The van der Waals surface area contributed by atoms with E-state index in [0.29, 0.717) is 19.3 Å². The van der Waals surface area contributed by atoms with Crippen LogP contribution in [0, 0.1) is 0 Å². The van der Waals surface area contributed by atoms with E-state index in [4.69, 9.17) is 18.5 Å². The highest BCUT2D eigenvalue weighted by Gasteiger charge is 2.51. The molecule has 0 heterocycles. The van der Waals surface area contributed by atoms with E-state index in [1.807, 2.05) is 18.2 Å². The summed E-state index contributed by atoms with van der Waals surface area (Å²) in [6.45, 7) is 3.02. The van der Waals surface area contributed by atoms with Crippen molar-refractivity contribution in [3.63, 3.8) is 0 Å². The van der Waals surface area contributed by atoms with Crippen LogP contribution in [0.15, 0.2) is 97.2 Å². The Morgan fingerprint density at radius 2 is 0.967 bits per heavy atom. The average Bonchev–Trinajstić information content (AvgIpc) is 3.24. The molecular formula is C47H75O13P. The van der Waals surface area contributed by atoms with Gasteiger partial charge in [0.15, 0.2) is 6.10 Å². The molecule has 0 bridgehead atoms. The number of unbranched alkanes of at least 4 members (excludes halogenated alkanes) is 6. The maximum Gasteiger partial charge on any atom is 0.472 e. The minimum atomic E-state index is -5.15. The molecule has 0 aromatic heterocycles. The maximum absolute atomic E-state index is 12.8. The van der Waals surface area contributed by atoms with E-state index in [-0.39, 0.29) is 12.8 Å². The Bertz CT molecular complexity index is 1430. The van der Waals surface area contributed by atoms with Gasteiger partial charge in [-0.25, -0.2) is 4.57 Å². The zero-order valence-electron chi connectivity index (χ0n) is 36.4. The predicted octanol–water partition coefficient (Wildman–Crippen LogP) is 8.27. The first-order chi connectivity index (χ1) is 29.4. The lowest BCUT2D eigenvalue weighted by Crippen LogP contribution is -2.64. The third-order valence-corrected chi connectivity index (χ3v) is 10.4. The summed E-state index contributed by atoms with van der Waals surface area (Å²) in [4.78, 5) is 35.6. The summed E-state index contributed by atoms with van der Waals surface area (Å²) >= 11 is 0.